The number of fused-ring (bicyclic) bond motifs is 3. The molecule has 111 heavy (non-hydrogen) atoms. The highest BCUT2D eigenvalue weighted by molar-refractivity contribution is 7.97. The topological polar surface area (TPSA) is 376 Å². The van der Waals surface area contributed by atoms with Gasteiger partial charge in [-0.3, -0.25) is 54.1 Å². The monoisotopic (exact) mass is 1580 g/mol. The predicted molar refractivity (Wildman–Crippen MR) is 419 cm³/mol. The fourth-order valence-electron chi connectivity index (χ4n) is 16.5. The number of carbonyl (C=O) groups is 4. The first-order chi connectivity index (χ1) is 51.4. The van der Waals surface area contributed by atoms with Crippen LogP contribution >= 0.6 is 0 Å². The Morgan fingerprint density at radius 3 is 1.14 bits per heavy atom. The van der Waals surface area contributed by atoms with Gasteiger partial charge < -0.3 is 20.9 Å². The second-order valence-electron chi connectivity index (χ2n) is 35.8. The number of hydrogen-bond donors (Lipinski definition) is 2. The number of nitriles is 2. The van der Waals surface area contributed by atoms with Crippen molar-refractivity contribution in [1.29, 1.82) is 10.5 Å². The van der Waals surface area contributed by atoms with Crippen LogP contribution in [0.5, 0.6) is 0 Å². The molecule has 3 fully saturated rings. The highest BCUT2D eigenvalue weighted by Gasteiger charge is 2.66. The van der Waals surface area contributed by atoms with Crippen LogP contribution in [0, 0.1) is 70.2 Å². The van der Waals surface area contributed by atoms with E-state index in [2.05, 4.69) is 24.9 Å². The van der Waals surface area contributed by atoms with E-state index in [9.17, 15) is 27.6 Å². The minimum Gasteiger partial charge on any atom is -0.460 e. The van der Waals surface area contributed by atoms with Crippen LogP contribution in [0.4, 0.5) is 19.0 Å². The molecule has 5 aromatic rings. The van der Waals surface area contributed by atoms with Crippen molar-refractivity contribution in [2.24, 2.45) is 50.0 Å². The number of nitrogens with two attached hydrogens (primary N) is 2. The van der Waals surface area contributed by atoms with E-state index in [1.165, 1.54) is 48.8 Å². The molecule has 0 unspecified atom stereocenters. The Morgan fingerprint density at radius 2 is 0.820 bits per heavy atom. The van der Waals surface area contributed by atoms with E-state index >= 15 is 17.4 Å². The molecule has 6 aliphatic heterocycles. The SMILES string of the molecule is CC(C)(C)OC(=O)CC1=N[C@](C)(c2nc(N)ccc2F)[C@@H]2CC3(CC3)CN=[S@]2(=O)C1(C)C.Cc1cc(C#N)cnc1C(=O)Cc1ccc(F)c([C@@]2(C)N=C(CC(=O)OC(C)(C)C)C(C)(C)[S@@]3(=O)=NCC4(CC4)C[C@@H]23)n1.Cc1cc(C#N)cnc1C(=O)Cc1ccc(F)c([C@@]2(C)N=C(N)C(C)(C)[S@@]3(=O)=NCC4(CC4)C[C@@H]23)n1. The van der Waals surface area contributed by atoms with E-state index in [4.69, 9.17) is 59.5 Å². The normalized spacial score (nSPS) is 29.3. The number of aromatic nitrogens is 5. The summed E-state index contributed by atoms with van der Waals surface area (Å²) in [6.45, 7) is 31.6. The van der Waals surface area contributed by atoms with Gasteiger partial charge in [0.1, 0.15) is 102 Å². The number of ether oxygens (including phenoxy) is 2. The summed E-state index contributed by atoms with van der Waals surface area (Å²) < 4.78 is 113. The molecule has 592 valence electrons. The number of aliphatic imine (C=N–C) groups is 3. The molecule has 4 N–H and O–H groups in total. The number of rotatable bonds is 13. The molecule has 3 saturated carbocycles. The van der Waals surface area contributed by atoms with Gasteiger partial charge in [-0.15, -0.1) is 0 Å². The van der Waals surface area contributed by atoms with E-state index in [1.54, 1.807) is 116 Å². The highest BCUT2D eigenvalue weighted by Crippen LogP contribution is 2.62. The number of amidine groups is 1. The van der Waals surface area contributed by atoms with E-state index < -0.39 is 116 Å². The van der Waals surface area contributed by atoms with Gasteiger partial charge in [-0.2, -0.15) is 10.5 Å². The van der Waals surface area contributed by atoms with Crippen molar-refractivity contribution in [1.82, 2.24) is 24.9 Å². The van der Waals surface area contributed by atoms with Crippen LogP contribution in [0.25, 0.3) is 0 Å². The van der Waals surface area contributed by atoms with Crippen molar-refractivity contribution in [3.8, 4) is 12.1 Å². The van der Waals surface area contributed by atoms with E-state index in [-0.39, 0.29) is 93.6 Å². The van der Waals surface area contributed by atoms with Crippen LogP contribution in [-0.2, 0) is 77.7 Å². The van der Waals surface area contributed by atoms with Crippen LogP contribution in [0.15, 0.2) is 89.0 Å². The number of nitrogen functional groups attached to an aromatic ring is 1. The van der Waals surface area contributed by atoms with Crippen LogP contribution in [0.2, 0.25) is 0 Å². The number of pyridine rings is 5. The van der Waals surface area contributed by atoms with Crippen molar-refractivity contribution in [3.63, 3.8) is 0 Å². The first kappa shape index (κ1) is 81.7. The van der Waals surface area contributed by atoms with Gasteiger partial charge in [0, 0.05) is 35.2 Å². The number of anilines is 1. The molecular formula is C81H100F3N15O9S3. The summed E-state index contributed by atoms with van der Waals surface area (Å²) in [7, 11) is -8.89. The number of esters is 2. The fourth-order valence-corrected chi connectivity index (χ4v) is 26.9. The maximum atomic E-state index is 15.8. The van der Waals surface area contributed by atoms with Crippen LogP contribution in [-0.4, -0.2) is 139 Å². The highest BCUT2D eigenvalue weighted by atomic mass is 32.2. The lowest BCUT2D eigenvalue weighted by Crippen LogP contribution is -2.61. The van der Waals surface area contributed by atoms with Gasteiger partial charge >= 0.3 is 11.9 Å². The Labute approximate surface area is 649 Å². The Morgan fingerprint density at radius 1 is 0.495 bits per heavy atom. The zero-order chi connectivity index (χ0) is 81.4. The van der Waals surface area contributed by atoms with Gasteiger partial charge in [-0.05, 0) is 251 Å². The van der Waals surface area contributed by atoms with E-state index in [0.29, 0.717) is 84.0 Å². The lowest BCUT2D eigenvalue weighted by molar-refractivity contribution is -0.154. The van der Waals surface area contributed by atoms with Crippen LogP contribution < -0.4 is 11.5 Å². The maximum absolute atomic E-state index is 15.8. The first-order valence-electron chi connectivity index (χ1n) is 37.6. The van der Waals surface area contributed by atoms with Gasteiger partial charge in [-0.1, -0.05) is 0 Å². The summed E-state index contributed by atoms with van der Waals surface area (Å²) in [6, 6.07) is 15.3. The summed E-state index contributed by atoms with van der Waals surface area (Å²) in [5.41, 5.74) is 10.6. The zero-order valence-electron chi connectivity index (χ0n) is 66.3. The second kappa shape index (κ2) is 27.8. The number of nitrogens with zero attached hydrogens (tertiary/aromatic N) is 13. The summed E-state index contributed by atoms with van der Waals surface area (Å²) in [4.78, 5) is 88.5. The number of ketones is 2. The number of Topliss-reactive ketones (excluding diaryl/α,β-unsaturated/α-hetero) is 2. The summed E-state index contributed by atoms with van der Waals surface area (Å²) >= 11 is 0. The van der Waals surface area contributed by atoms with E-state index in [0.717, 1.165) is 38.5 Å². The molecule has 0 saturated heterocycles. The van der Waals surface area contributed by atoms with Gasteiger partial charge in [0.15, 0.2) is 11.6 Å². The largest absolute Gasteiger partial charge is 0.460 e. The maximum Gasteiger partial charge on any atom is 0.312 e. The Balaban J connectivity index is 0.000000156. The molecule has 3 aliphatic carbocycles. The Bertz CT molecular complexity index is 5380. The number of aryl methyl sites for hydroxylation is 2. The smallest absolute Gasteiger partial charge is 0.312 e. The molecule has 9 aliphatic rings. The molecule has 0 aromatic carbocycles. The van der Waals surface area contributed by atoms with Crippen molar-refractivity contribution in [2.45, 2.75) is 259 Å². The standard InChI is InChI=1S/C32H38FN5O4S.C26H29FN6O2S.C23H33FN4O3S/c1-19-12-20(16-34)17-35-27(19)23(39)13-21-8-9-22(33)28(37-21)31(7)25-15-32(10-11-32)18-36-43(25,41)30(5,6)24(38-31)14-26(40)42-29(2,3)4;1-15-9-16(12-28)13-30-21(15)19(34)10-17-5-6-18(27)22(32-17)25(4)20-11-26(7-8-26)14-31-36(20,35)24(2,3)23(29)33-25;1-20(2,3)31-18(29)11-15-21(4,5)32(30)16(12-23(9-10-23)13-26-32)22(6,28-15)19-14(24)7-8-17(25)27-19/h8-9,12,17,25H,10-11,13-15,18H2,1-7H3;5-6,9,13,20H,7-8,10-11,14H2,1-4H3,(H2,29,33);7-8,16H,9-13H2,1-6H3,(H2,25,27)/t25-,31-,43+;20-,25-,36+;16-,22-,32+/m000/s1. The summed E-state index contributed by atoms with van der Waals surface area (Å²) in [5.74, 6) is -3.06. The predicted octanol–water partition coefficient (Wildman–Crippen LogP) is 13.0. The zero-order valence-corrected chi connectivity index (χ0v) is 68.8. The van der Waals surface area contributed by atoms with Gasteiger partial charge in [0.2, 0.25) is 0 Å². The lowest BCUT2D eigenvalue weighted by Gasteiger charge is -2.50. The van der Waals surface area contributed by atoms with Crippen molar-refractivity contribution >= 4 is 75.8 Å². The van der Waals surface area contributed by atoms with Crippen LogP contribution in [0.3, 0.4) is 0 Å². The first-order valence-corrected chi connectivity index (χ1v) is 42.3. The lowest BCUT2D eigenvalue weighted by atomic mass is 9.84. The molecule has 14 rings (SSSR count). The number of halogens is 3. The van der Waals surface area contributed by atoms with Gasteiger partial charge in [0.25, 0.3) is 0 Å². The molecule has 9 atom stereocenters. The van der Waals surface area contributed by atoms with E-state index in [1.807, 2.05) is 26.0 Å². The minimum absolute atomic E-state index is 0.00657. The average Bonchev–Trinajstić information content (AvgIpc) is 1.69. The Kier molecular flexibility index (Phi) is 20.5. The van der Waals surface area contributed by atoms with Crippen molar-refractivity contribution < 1.29 is 54.4 Å². The molecular weight excluding hydrogens is 1480 g/mol. The van der Waals surface area contributed by atoms with Crippen LogP contribution in [0.1, 0.15) is 246 Å². The van der Waals surface area contributed by atoms with Gasteiger partial charge in [-0.25, -0.2) is 43.9 Å². The Hall–Kier alpha value is -8.74. The van der Waals surface area contributed by atoms with Crippen molar-refractivity contribution in [2.75, 3.05) is 25.4 Å². The van der Waals surface area contributed by atoms with Crippen molar-refractivity contribution in [3.05, 3.63) is 140 Å². The molecule has 0 bridgehead atoms. The molecule has 0 radical (unpaired) electrons. The third-order valence-electron chi connectivity index (χ3n) is 24.0. The fraction of sp³-hybridized carbons (Fsp3) is 0.580. The molecule has 24 nitrogen and oxygen atoms in total. The number of carbonyl (C=O) groups excluding carboxylic acids is 4. The minimum atomic E-state index is -3.07. The third kappa shape index (κ3) is 14.8. The molecule has 11 heterocycles. The average molecular weight is 1580 g/mol. The molecule has 5 aromatic heterocycles. The number of hydrogen-bond acceptors (Lipinski definition) is 24. The molecule has 0 amide bonds. The quantitative estimate of drug-likeness (QED) is 0.0816. The molecule has 30 heteroatoms. The van der Waals surface area contributed by atoms with Gasteiger partial charge in [0.05, 0.1) is 111 Å². The summed E-state index contributed by atoms with van der Waals surface area (Å²) in [6.07, 6.45) is 9.80. The third-order valence-corrected chi connectivity index (χ3v) is 34.8. The summed E-state index contributed by atoms with van der Waals surface area (Å²) in [5, 5.41) is 16.4. The molecule has 3 spiro atoms. The second-order valence-corrected chi connectivity index (χ2v) is 44.8.